The molecule has 0 aliphatic carbocycles. The number of halogens is 1. The van der Waals surface area contributed by atoms with Crippen molar-refractivity contribution in [3.8, 4) is 5.75 Å². The third-order valence-electron chi connectivity index (χ3n) is 3.55. The first-order valence-corrected chi connectivity index (χ1v) is 8.83. The van der Waals surface area contributed by atoms with E-state index in [4.69, 9.17) is 16.3 Å². The summed E-state index contributed by atoms with van der Waals surface area (Å²) < 4.78 is 5.61. The molecule has 0 bridgehead atoms. The summed E-state index contributed by atoms with van der Waals surface area (Å²) in [7, 11) is 0. The van der Waals surface area contributed by atoms with Crippen LogP contribution in [0.5, 0.6) is 5.75 Å². The van der Waals surface area contributed by atoms with Crippen LogP contribution in [0.25, 0.3) is 0 Å². The second-order valence-electron chi connectivity index (χ2n) is 6.40. The number of rotatable bonds is 7. The molecule has 2 aromatic carbocycles. The van der Waals surface area contributed by atoms with E-state index in [1.165, 1.54) is 0 Å². The molecule has 0 fully saturated rings. The van der Waals surface area contributed by atoms with Crippen LogP contribution in [0.15, 0.2) is 48.5 Å². The summed E-state index contributed by atoms with van der Waals surface area (Å²) in [6.07, 6.45) is 0. The molecule has 0 aliphatic rings. The molecule has 2 rings (SSSR count). The molecule has 0 aromatic heterocycles. The molecule has 0 saturated heterocycles. The Hall–Kier alpha value is -2.53. The molecule has 0 heterocycles. The number of hydrogen-bond acceptors (Lipinski definition) is 3. The normalized spacial score (nSPS) is 11.7. The van der Waals surface area contributed by atoms with Crippen molar-refractivity contribution in [2.75, 3.05) is 11.9 Å². The SMILES string of the molecule is CC(C)COc1ccc(NC(=O)C(C)NC(=O)c2ccccc2)cc1Cl. The number of anilines is 1. The Kier molecular flexibility index (Phi) is 7.04. The van der Waals surface area contributed by atoms with Crippen molar-refractivity contribution >= 4 is 29.1 Å². The molecule has 6 heteroatoms. The van der Waals surface area contributed by atoms with Crippen LogP contribution in [-0.4, -0.2) is 24.5 Å². The van der Waals surface area contributed by atoms with Crippen molar-refractivity contribution in [3.05, 3.63) is 59.1 Å². The van der Waals surface area contributed by atoms with E-state index in [0.717, 1.165) is 0 Å². The fourth-order valence-corrected chi connectivity index (χ4v) is 2.37. The molecule has 26 heavy (non-hydrogen) atoms. The van der Waals surface area contributed by atoms with Gasteiger partial charge in [0.05, 0.1) is 11.6 Å². The van der Waals surface area contributed by atoms with E-state index in [0.29, 0.717) is 34.5 Å². The van der Waals surface area contributed by atoms with Crippen LogP contribution in [-0.2, 0) is 4.79 Å². The number of ether oxygens (including phenoxy) is 1. The highest BCUT2D eigenvalue weighted by Crippen LogP contribution is 2.28. The number of amides is 2. The van der Waals surface area contributed by atoms with Gasteiger partial charge >= 0.3 is 0 Å². The average Bonchev–Trinajstić information content (AvgIpc) is 2.61. The summed E-state index contributed by atoms with van der Waals surface area (Å²) in [4.78, 5) is 24.4. The second-order valence-corrected chi connectivity index (χ2v) is 6.81. The van der Waals surface area contributed by atoms with Crippen molar-refractivity contribution in [1.82, 2.24) is 5.32 Å². The van der Waals surface area contributed by atoms with E-state index in [9.17, 15) is 9.59 Å². The summed E-state index contributed by atoms with van der Waals surface area (Å²) >= 11 is 6.19. The van der Waals surface area contributed by atoms with Crippen molar-refractivity contribution in [2.45, 2.75) is 26.8 Å². The molecule has 1 atom stereocenters. The summed E-state index contributed by atoms with van der Waals surface area (Å²) in [5, 5.41) is 5.82. The van der Waals surface area contributed by atoms with E-state index in [2.05, 4.69) is 10.6 Å². The number of carbonyl (C=O) groups is 2. The standard InChI is InChI=1S/C20H23ClN2O3/c1-13(2)12-26-18-10-9-16(11-17(18)21)23-19(24)14(3)22-20(25)15-7-5-4-6-8-15/h4-11,13-14H,12H2,1-3H3,(H,22,25)(H,23,24). The van der Waals surface area contributed by atoms with Crippen LogP contribution in [0, 0.1) is 5.92 Å². The first-order valence-electron chi connectivity index (χ1n) is 8.46. The highest BCUT2D eigenvalue weighted by molar-refractivity contribution is 6.32. The van der Waals surface area contributed by atoms with E-state index in [1.807, 2.05) is 19.9 Å². The summed E-state index contributed by atoms with van der Waals surface area (Å²) in [5.41, 5.74) is 1.04. The highest BCUT2D eigenvalue weighted by atomic mass is 35.5. The van der Waals surface area contributed by atoms with Gasteiger partial charge in [0.1, 0.15) is 11.8 Å². The minimum absolute atomic E-state index is 0.302. The van der Waals surface area contributed by atoms with Crippen LogP contribution in [0.2, 0.25) is 5.02 Å². The molecular weight excluding hydrogens is 352 g/mol. The average molecular weight is 375 g/mol. The number of carbonyl (C=O) groups excluding carboxylic acids is 2. The molecule has 138 valence electrons. The quantitative estimate of drug-likeness (QED) is 0.765. The Morgan fingerprint density at radius 3 is 2.38 bits per heavy atom. The molecule has 2 aromatic rings. The maximum absolute atomic E-state index is 12.3. The van der Waals surface area contributed by atoms with Gasteiger partial charge in [0.25, 0.3) is 5.91 Å². The van der Waals surface area contributed by atoms with Gasteiger partial charge < -0.3 is 15.4 Å². The van der Waals surface area contributed by atoms with E-state index in [1.54, 1.807) is 49.4 Å². The third-order valence-corrected chi connectivity index (χ3v) is 3.84. The van der Waals surface area contributed by atoms with Gasteiger partial charge in [0.2, 0.25) is 5.91 Å². The molecule has 0 aliphatic heterocycles. The first kappa shape index (κ1) is 19.8. The molecule has 2 amide bonds. The Labute approximate surface area is 158 Å². The maximum Gasteiger partial charge on any atom is 0.251 e. The van der Waals surface area contributed by atoms with Crippen molar-refractivity contribution in [1.29, 1.82) is 0 Å². The predicted octanol–water partition coefficient (Wildman–Crippen LogP) is 4.13. The van der Waals surface area contributed by atoms with Crippen LogP contribution in [0.1, 0.15) is 31.1 Å². The molecular formula is C20H23ClN2O3. The lowest BCUT2D eigenvalue weighted by Crippen LogP contribution is -2.41. The Bertz CT molecular complexity index is 763. The molecule has 5 nitrogen and oxygen atoms in total. The first-order chi connectivity index (χ1) is 12.4. The van der Waals surface area contributed by atoms with Gasteiger partial charge in [-0.2, -0.15) is 0 Å². The molecule has 0 spiro atoms. The summed E-state index contributed by atoms with van der Waals surface area (Å²) in [6, 6.07) is 13.1. The van der Waals surface area contributed by atoms with Crippen molar-refractivity contribution in [2.24, 2.45) is 5.92 Å². The van der Waals surface area contributed by atoms with Gasteiger partial charge in [-0.1, -0.05) is 43.6 Å². The lowest BCUT2D eigenvalue weighted by Gasteiger charge is -2.15. The number of hydrogen-bond donors (Lipinski definition) is 2. The van der Waals surface area contributed by atoms with Gasteiger partial charge in [0.15, 0.2) is 0 Å². The zero-order valence-corrected chi connectivity index (χ0v) is 15.8. The second kappa shape index (κ2) is 9.25. The zero-order valence-electron chi connectivity index (χ0n) is 15.1. The Balaban J connectivity index is 1.94. The summed E-state index contributed by atoms with van der Waals surface area (Å²) in [5.74, 6) is 0.327. The molecule has 2 N–H and O–H groups in total. The van der Waals surface area contributed by atoms with Crippen LogP contribution in [0.4, 0.5) is 5.69 Å². The topological polar surface area (TPSA) is 67.4 Å². The van der Waals surface area contributed by atoms with Gasteiger partial charge in [-0.25, -0.2) is 0 Å². The summed E-state index contributed by atoms with van der Waals surface area (Å²) in [6.45, 7) is 6.28. The monoisotopic (exact) mass is 374 g/mol. The largest absolute Gasteiger partial charge is 0.492 e. The lowest BCUT2D eigenvalue weighted by molar-refractivity contribution is -0.117. The van der Waals surface area contributed by atoms with E-state index in [-0.39, 0.29) is 11.8 Å². The minimum Gasteiger partial charge on any atom is -0.492 e. The van der Waals surface area contributed by atoms with E-state index < -0.39 is 6.04 Å². The lowest BCUT2D eigenvalue weighted by atomic mass is 10.2. The number of nitrogens with one attached hydrogen (secondary N) is 2. The van der Waals surface area contributed by atoms with Gasteiger partial charge in [0, 0.05) is 11.3 Å². The third kappa shape index (κ3) is 5.77. The minimum atomic E-state index is -0.696. The molecule has 1 unspecified atom stereocenters. The molecule has 0 saturated carbocycles. The number of benzene rings is 2. The van der Waals surface area contributed by atoms with Crippen LogP contribution < -0.4 is 15.4 Å². The van der Waals surface area contributed by atoms with Crippen molar-refractivity contribution in [3.63, 3.8) is 0 Å². The van der Waals surface area contributed by atoms with Gasteiger partial charge in [-0.15, -0.1) is 0 Å². The fraction of sp³-hybridized carbons (Fsp3) is 0.300. The van der Waals surface area contributed by atoms with Crippen LogP contribution in [0.3, 0.4) is 0 Å². The highest BCUT2D eigenvalue weighted by Gasteiger charge is 2.17. The zero-order chi connectivity index (χ0) is 19.1. The van der Waals surface area contributed by atoms with Gasteiger partial charge in [-0.05, 0) is 43.2 Å². The fourth-order valence-electron chi connectivity index (χ4n) is 2.14. The predicted molar refractivity (Wildman–Crippen MR) is 104 cm³/mol. The van der Waals surface area contributed by atoms with Crippen LogP contribution >= 0.6 is 11.6 Å². The van der Waals surface area contributed by atoms with E-state index >= 15 is 0 Å². The van der Waals surface area contributed by atoms with Gasteiger partial charge in [-0.3, -0.25) is 9.59 Å². The smallest absolute Gasteiger partial charge is 0.251 e. The molecule has 0 radical (unpaired) electrons. The Morgan fingerprint density at radius 1 is 1.08 bits per heavy atom. The van der Waals surface area contributed by atoms with Crippen molar-refractivity contribution < 1.29 is 14.3 Å². The Morgan fingerprint density at radius 2 is 1.77 bits per heavy atom. The maximum atomic E-state index is 12.3.